The Bertz CT molecular complexity index is 481. The Labute approximate surface area is 118 Å². The fourth-order valence-electron chi connectivity index (χ4n) is 2.01. The Morgan fingerprint density at radius 3 is 2.89 bits per heavy atom. The molecule has 0 bridgehead atoms. The Hall–Kier alpha value is -1.01. The number of hydrogen-bond donors (Lipinski definition) is 2. The van der Waals surface area contributed by atoms with Gasteiger partial charge in [-0.2, -0.15) is 0 Å². The summed E-state index contributed by atoms with van der Waals surface area (Å²) in [6.45, 7) is -1.45. The van der Waals surface area contributed by atoms with Gasteiger partial charge in [0.1, 0.15) is 0 Å². The van der Waals surface area contributed by atoms with Gasteiger partial charge in [-0.05, 0) is 30.0 Å². The molecule has 6 heteroatoms. The van der Waals surface area contributed by atoms with Gasteiger partial charge in [0.2, 0.25) is 5.91 Å². The molecule has 2 atom stereocenters. The minimum absolute atomic E-state index is 0.129. The smallest absolute Gasteiger partial charge is 0.277 e. The quantitative estimate of drug-likeness (QED) is 0.869. The molecule has 1 aliphatic rings. The van der Waals surface area contributed by atoms with Gasteiger partial charge < -0.3 is 11.1 Å². The van der Waals surface area contributed by atoms with Crippen molar-refractivity contribution in [2.75, 3.05) is 13.1 Å². The van der Waals surface area contributed by atoms with Crippen LogP contribution in [0.4, 0.5) is 8.78 Å². The summed E-state index contributed by atoms with van der Waals surface area (Å²) in [5.41, 5.74) is 5.97. The van der Waals surface area contributed by atoms with Gasteiger partial charge in [0.25, 0.3) is 5.92 Å². The van der Waals surface area contributed by atoms with Gasteiger partial charge in [0.05, 0.1) is 13.1 Å². The normalized spacial score (nSPS) is 22.1. The van der Waals surface area contributed by atoms with Crippen molar-refractivity contribution >= 4 is 21.8 Å². The molecule has 1 aromatic carbocycles. The fraction of sp³-hybridized carbons (Fsp3) is 0.462. The summed E-state index contributed by atoms with van der Waals surface area (Å²) in [7, 11) is 0. The first-order chi connectivity index (χ1) is 8.93. The Balaban J connectivity index is 1.87. The molecule has 0 radical (unpaired) electrons. The lowest BCUT2D eigenvalue weighted by Crippen LogP contribution is -2.42. The molecule has 104 valence electrons. The lowest BCUT2D eigenvalue weighted by molar-refractivity contribution is -0.124. The molecule has 1 saturated carbocycles. The fourth-order valence-corrected chi connectivity index (χ4v) is 2.43. The topological polar surface area (TPSA) is 55.1 Å². The second-order valence-electron chi connectivity index (χ2n) is 4.78. The average Bonchev–Trinajstić information content (AvgIpc) is 3.16. The third-order valence-corrected chi connectivity index (χ3v) is 3.72. The highest BCUT2D eigenvalue weighted by Gasteiger charge is 2.44. The molecule has 0 heterocycles. The molecule has 1 fully saturated rings. The van der Waals surface area contributed by atoms with Gasteiger partial charge in [0.15, 0.2) is 0 Å². The maximum absolute atomic E-state index is 12.9. The number of hydrogen-bond acceptors (Lipinski definition) is 2. The number of carbonyl (C=O) groups is 1. The third kappa shape index (κ3) is 3.73. The number of halogens is 3. The highest BCUT2D eigenvalue weighted by molar-refractivity contribution is 9.10. The van der Waals surface area contributed by atoms with Crippen LogP contribution in [0, 0.1) is 5.92 Å². The van der Waals surface area contributed by atoms with Gasteiger partial charge in [-0.3, -0.25) is 4.79 Å². The van der Waals surface area contributed by atoms with Crippen molar-refractivity contribution in [2.45, 2.75) is 18.3 Å². The van der Waals surface area contributed by atoms with Gasteiger partial charge >= 0.3 is 0 Å². The monoisotopic (exact) mass is 332 g/mol. The SMILES string of the molecule is NCC(F)(F)CNC(=O)C1CC1c1cccc(Br)c1. The van der Waals surface area contributed by atoms with E-state index in [2.05, 4.69) is 21.2 Å². The zero-order valence-corrected chi connectivity index (χ0v) is 11.8. The van der Waals surface area contributed by atoms with Gasteiger partial charge in [0, 0.05) is 10.4 Å². The number of carbonyl (C=O) groups excluding carboxylic acids is 1. The molecule has 2 rings (SSSR count). The summed E-state index contributed by atoms with van der Waals surface area (Å²) >= 11 is 3.37. The molecule has 2 unspecified atom stereocenters. The number of benzene rings is 1. The van der Waals surface area contributed by atoms with E-state index in [1.165, 1.54) is 0 Å². The van der Waals surface area contributed by atoms with Gasteiger partial charge in [-0.15, -0.1) is 0 Å². The maximum Gasteiger partial charge on any atom is 0.277 e. The van der Waals surface area contributed by atoms with Crippen LogP contribution in [0.5, 0.6) is 0 Å². The van der Waals surface area contributed by atoms with Crippen LogP contribution in [0.3, 0.4) is 0 Å². The minimum atomic E-state index is -3.03. The predicted molar refractivity (Wildman–Crippen MR) is 72.0 cm³/mol. The van der Waals surface area contributed by atoms with Crippen LogP contribution in [0.15, 0.2) is 28.7 Å². The molecule has 1 amide bonds. The van der Waals surface area contributed by atoms with E-state index >= 15 is 0 Å². The van der Waals surface area contributed by atoms with Crippen LogP contribution in [0.1, 0.15) is 17.9 Å². The first-order valence-corrected chi connectivity index (χ1v) is 6.83. The standard InChI is InChI=1S/C13H15BrF2N2O/c14-9-3-1-2-8(4-9)10-5-11(10)12(19)18-7-13(15,16)6-17/h1-4,10-11H,5-7,17H2,(H,18,19). The lowest BCUT2D eigenvalue weighted by Gasteiger charge is -2.14. The number of nitrogens with one attached hydrogen (secondary N) is 1. The van der Waals surface area contributed by atoms with Crippen molar-refractivity contribution < 1.29 is 13.6 Å². The van der Waals surface area contributed by atoms with Crippen LogP contribution in [0.25, 0.3) is 0 Å². The van der Waals surface area contributed by atoms with Crippen molar-refractivity contribution in [1.29, 1.82) is 0 Å². The van der Waals surface area contributed by atoms with Gasteiger partial charge in [-0.25, -0.2) is 8.78 Å². The van der Waals surface area contributed by atoms with Crippen LogP contribution in [-0.4, -0.2) is 24.9 Å². The zero-order valence-electron chi connectivity index (χ0n) is 10.2. The van der Waals surface area contributed by atoms with E-state index in [4.69, 9.17) is 5.73 Å². The first kappa shape index (κ1) is 14.4. The molecule has 1 aliphatic carbocycles. The second-order valence-corrected chi connectivity index (χ2v) is 5.70. The summed E-state index contributed by atoms with van der Waals surface area (Å²) in [5.74, 6) is -3.43. The third-order valence-electron chi connectivity index (χ3n) is 3.22. The number of nitrogens with two attached hydrogens (primary N) is 1. The van der Waals surface area contributed by atoms with E-state index in [0.29, 0.717) is 6.42 Å². The molecular formula is C13H15BrF2N2O. The average molecular weight is 333 g/mol. The molecule has 0 spiro atoms. The van der Waals surface area contributed by atoms with Crippen LogP contribution >= 0.6 is 15.9 Å². The van der Waals surface area contributed by atoms with Crippen molar-refractivity contribution in [3.63, 3.8) is 0 Å². The van der Waals surface area contributed by atoms with Crippen LogP contribution in [-0.2, 0) is 4.79 Å². The molecule has 0 aliphatic heterocycles. The molecule has 0 aromatic heterocycles. The number of amides is 1. The summed E-state index contributed by atoms with van der Waals surface area (Å²) in [6, 6.07) is 7.70. The van der Waals surface area contributed by atoms with E-state index in [9.17, 15) is 13.6 Å². The molecule has 3 N–H and O–H groups in total. The predicted octanol–water partition coefficient (Wildman–Crippen LogP) is 2.26. The minimum Gasteiger partial charge on any atom is -0.350 e. The maximum atomic E-state index is 12.9. The molecule has 19 heavy (non-hydrogen) atoms. The lowest BCUT2D eigenvalue weighted by atomic mass is 10.1. The summed E-state index contributed by atoms with van der Waals surface area (Å²) in [4.78, 5) is 11.7. The van der Waals surface area contributed by atoms with Gasteiger partial charge in [-0.1, -0.05) is 28.1 Å². The van der Waals surface area contributed by atoms with Crippen molar-refractivity contribution in [3.05, 3.63) is 34.3 Å². The number of rotatable bonds is 5. The highest BCUT2D eigenvalue weighted by Crippen LogP contribution is 2.47. The van der Waals surface area contributed by atoms with E-state index in [1.807, 2.05) is 24.3 Å². The van der Waals surface area contributed by atoms with E-state index in [0.717, 1.165) is 10.0 Å². The van der Waals surface area contributed by atoms with Crippen molar-refractivity contribution in [2.24, 2.45) is 11.7 Å². The van der Waals surface area contributed by atoms with Crippen molar-refractivity contribution in [3.8, 4) is 0 Å². The van der Waals surface area contributed by atoms with E-state index < -0.39 is 19.0 Å². The molecular weight excluding hydrogens is 318 g/mol. The summed E-state index contributed by atoms with van der Waals surface area (Å²) in [5, 5.41) is 2.27. The van der Waals surface area contributed by atoms with E-state index in [1.54, 1.807) is 0 Å². The first-order valence-electron chi connectivity index (χ1n) is 6.04. The second kappa shape index (κ2) is 5.54. The molecule has 1 aromatic rings. The van der Waals surface area contributed by atoms with E-state index in [-0.39, 0.29) is 17.7 Å². The highest BCUT2D eigenvalue weighted by atomic mass is 79.9. The zero-order chi connectivity index (χ0) is 14.0. The Morgan fingerprint density at radius 2 is 2.26 bits per heavy atom. The van der Waals surface area contributed by atoms with Crippen LogP contribution in [0.2, 0.25) is 0 Å². The Kier molecular flexibility index (Phi) is 4.20. The summed E-state index contributed by atoms with van der Waals surface area (Å²) < 4.78 is 26.8. The molecule has 3 nitrogen and oxygen atoms in total. The summed E-state index contributed by atoms with van der Waals surface area (Å²) in [6.07, 6.45) is 0.705. The van der Waals surface area contributed by atoms with Crippen LogP contribution < -0.4 is 11.1 Å². The van der Waals surface area contributed by atoms with Crippen molar-refractivity contribution in [1.82, 2.24) is 5.32 Å². The largest absolute Gasteiger partial charge is 0.350 e. The Morgan fingerprint density at radius 1 is 1.53 bits per heavy atom. The molecule has 0 saturated heterocycles. The number of alkyl halides is 2.